The van der Waals surface area contributed by atoms with Crippen LogP contribution in [0.25, 0.3) is 0 Å². The average molecular weight is 316 g/mol. The van der Waals surface area contributed by atoms with Crippen LogP contribution in [0.3, 0.4) is 0 Å². The first-order valence-corrected chi connectivity index (χ1v) is 7.35. The van der Waals surface area contributed by atoms with E-state index in [1.165, 1.54) is 6.07 Å². The highest BCUT2D eigenvalue weighted by Crippen LogP contribution is 2.26. The molecule has 0 aromatic heterocycles. The summed E-state index contributed by atoms with van der Waals surface area (Å²) in [6.07, 6.45) is 0. The molecular formula is C17H17FN2OS. The van der Waals surface area contributed by atoms with E-state index in [0.717, 1.165) is 0 Å². The van der Waals surface area contributed by atoms with E-state index in [1.54, 1.807) is 36.4 Å². The molecule has 22 heavy (non-hydrogen) atoms. The van der Waals surface area contributed by atoms with Crippen molar-refractivity contribution in [1.29, 1.82) is 0 Å². The third kappa shape index (κ3) is 3.89. The van der Waals surface area contributed by atoms with Crippen molar-refractivity contribution in [3.05, 3.63) is 65.5 Å². The number of anilines is 1. The van der Waals surface area contributed by atoms with Gasteiger partial charge in [0.1, 0.15) is 5.82 Å². The Bertz CT molecular complexity index is 686. The van der Waals surface area contributed by atoms with Crippen molar-refractivity contribution in [3.63, 3.8) is 0 Å². The van der Waals surface area contributed by atoms with Crippen molar-refractivity contribution in [2.45, 2.75) is 19.8 Å². The van der Waals surface area contributed by atoms with Gasteiger partial charge < -0.3 is 5.32 Å². The van der Waals surface area contributed by atoms with Gasteiger partial charge in [-0.25, -0.2) is 4.39 Å². The fraction of sp³-hybridized carbons (Fsp3) is 0.176. The monoisotopic (exact) mass is 316 g/mol. The number of nitrogens with one attached hydrogen (secondary N) is 2. The van der Waals surface area contributed by atoms with Crippen LogP contribution >= 0.6 is 12.2 Å². The molecule has 0 atom stereocenters. The van der Waals surface area contributed by atoms with Crippen molar-refractivity contribution in [2.24, 2.45) is 0 Å². The zero-order valence-corrected chi connectivity index (χ0v) is 13.2. The molecular weight excluding hydrogens is 299 g/mol. The molecule has 2 N–H and O–H groups in total. The van der Waals surface area contributed by atoms with Crippen LogP contribution in [0.4, 0.5) is 10.1 Å². The summed E-state index contributed by atoms with van der Waals surface area (Å²) in [5.74, 6) is -0.603. The summed E-state index contributed by atoms with van der Waals surface area (Å²) in [7, 11) is 0. The molecule has 114 valence electrons. The van der Waals surface area contributed by atoms with E-state index in [1.807, 2.05) is 19.9 Å². The Kier molecular flexibility index (Phi) is 5.22. The summed E-state index contributed by atoms with van der Waals surface area (Å²) in [6.45, 7) is 3.80. The van der Waals surface area contributed by atoms with E-state index in [-0.39, 0.29) is 22.8 Å². The number of carbonyl (C=O) groups is 1. The van der Waals surface area contributed by atoms with Crippen LogP contribution in [-0.4, -0.2) is 11.0 Å². The highest BCUT2D eigenvalue weighted by Gasteiger charge is 2.14. The third-order valence-corrected chi connectivity index (χ3v) is 3.35. The van der Waals surface area contributed by atoms with Crippen LogP contribution in [0.15, 0.2) is 48.5 Å². The molecule has 0 heterocycles. The Labute approximate surface area is 134 Å². The summed E-state index contributed by atoms with van der Waals surface area (Å²) in [5, 5.41) is 5.62. The molecule has 0 saturated heterocycles. The number of benzene rings is 2. The van der Waals surface area contributed by atoms with E-state index >= 15 is 0 Å². The maximum atomic E-state index is 13.9. The predicted molar refractivity (Wildman–Crippen MR) is 90.6 cm³/mol. The lowest BCUT2D eigenvalue weighted by atomic mass is 10.0. The summed E-state index contributed by atoms with van der Waals surface area (Å²) in [5.41, 5.74) is 1.61. The van der Waals surface area contributed by atoms with Gasteiger partial charge in [-0.2, -0.15) is 0 Å². The molecule has 0 fully saturated rings. The van der Waals surface area contributed by atoms with Gasteiger partial charge >= 0.3 is 0 Å². The largest absolute Gasteiger partial charge is 0.332 e. The second-order valence-electron chi connectivity index (χ2n) is 5.13. The molecule has 0 saturated carbocycles. The molecule has 5 heteroatoms. The lowest BCUT2D eigenvalue weighted by molar-refractivity contribution is 0.0977. The highest BCUT2D eigenvalue weighted by atomic mass is 32.1. The van der Waals surface area contributed by atoms with E-state index in [2.05, 4.69) is 10.6 Å². The second-order valence-corrected chi connectivity index (χ2v) is 5.54. The first-order chi connectivity index (χ1) is 10.5. The molecule has 1 amide bonds. The number of amides is 1. The number of hydrogen-bond donors (Lipinski definition) is 2. The van der Waals surface area contributed by atoms with Gasteiger partial charge in [0, 0.05) is 16.8 Å². The van der Waals surface area contributed by atoms with Crippen LogP contribution in [0.5, 0.6) is 0 Å². The quantitative estimate of drug-likeness (QED) is 0.839. The van der Waals surface area contributed by atoms with Crippen molar-refractivity contribution in [3.8, 4) is 0 Å². The summed E-state index contributed by atoms with van der Waals surface area (Å²) >= 11 is 5.14. The first kappa shape index (κ1) is 16.1. The molecule has 0 radical (unpaired) electrons. The smallest absolute Gasteiger partial charge is 0.257 e. The topological polar surface area (TPSA) is 41.1 Å². The van der Waals surface area contributed by atoms with Crippen LogP contribution in [0, 0.1) is 5.82 Å². The van der Waals surface area contributed by atoms with Crippen LogP contribution in [0.1, 0.15) is 35.7 Å². The molecule has 0 aliphatic heterocycles. The maximum absolute atomic E-state index is 13.9. The van der Waals surface area contributed by atoms with Gasteiger partial charge in [0.15, 0.2) is 5.11 Å². The Balaban J connectivity index is 2.10. The lowest BCUT2D eigenvalue weighted by Gasteiger charge is -2.16. The molecule has 0 aliphatic carbocycles. The Hall–Kier alpha value is -2.27. The number of thiocarbonyl (C=S) groups is 1. The fourth-order valence-corrected chi connectivity index (χ4v) is 2.35. The van der Waals surface area contributed by atoms with Crippen LogP contribution < -0.4 is 10.6 Å². The van der Waals surface area contributed by atoms with Gasteiger partial charge in [-0.05, 0) is 42.4 Å². The molecule has 0 bridgehead atoms. The molecule has 0 spiro atoms. The number of rotatable bonds is 3. The average Bonchev–Trinajstić information content (AvgIpc) is 2.47. The van der Waals surface area contributed by atoms with E-state index in [4.69, 9.17) is 12.2 Å². The normalized spacial score (nSPS) is 10.4. The SMILES string of the molecule is CC(C)c1c(F)cccc1NC(=S)NC(=O)c1ccccc1. The number of halogens is 1. The Morgan fingerprint density at radius 3 is 2.41 bits per heavy atom. The van der Waals surface area contributed by atoms with Gasteiger partial charge in [-0.3, -0.25) is 10.1 Å². The standard InChI is InChI=1S/C17H17FN2OS/c1-11(2)15-13(18)9-6-10-14(15)19-17(22)20-16(21)12-7-4-3-5-8-12/h3-11H,1-2H3,(H2,19,20,21,22). The van der Waals surface area contributed by atoms with Gasteiger partial charge in [0.25, 0.3) is 5.91 Å². The first-order valence-electron chi connectivity index (χ1n) is 6.95. The van der Waals surface area contributed by atoms with E-state index in [0.29, 0.717) is 16.8 Å². The molecule has 0 aliphatic rings. The van der Waals surface area contributed by atoms with Crippen molar-refractivity contribution in [2.75, 3.05) is 5.32 Å². The Morgan fingerprint density at radius 1 is 1.09 bits per heavy atom. The minimum absolute atomic E-state index is 0.00340. The molecule has 0 unspecified atom stereocenters. The van der Waals surface area contributed by atoms with Gasteiger partial charge in [-0.1, -0.05) is 38.1 Å². The summed E-state index contributed by atoms with van der Waals surface area (Å²) in [4.78, 5) is 12.0. The molecule has 3 nitrogen and oxygen atoms in total. The van der Waals surface area contributed by atoms with Crippen molar-refractivity contribution < 1.29 is 9.18 Å². The summed E-state index contributed by atoms with van der Waals surface area (Å²) < 4.78 is 13.9. The van der Waals surface area contributed by atoms with Crippen molar-refractivity contribution >= 4 is 28.9 Å². The number of hydrogen-bond acceptors (Lipinski definition) is 2. The maximum Gasteiger partial charge on any atom is 0.257 e. The number of carbonyl (C=O) groups excluding carboxylic acids is 1. The zero-order valence-electron chi connectivity index (χ0n) is 12.4. The van der Waals surface area contributed by atoms with Gasteiger partial charge in [0.05, 0.1) is 0 Å². The van der Waals surface area contributed by atoms with Crippen LogP contribution in [0.2, 0.25) is 0 Å². The minimum Gasteiger partial charge on any atom is -0.332 e. The van der Waals surface area contributed by atoms with E-state index < -0.39 is 0 Å². The Morgan fingerprint density at radius 2 is 1.77 bits per heavy atom. The molecule has 2 rings (SSSR count). The van der Waals surface area contributed by atoms with Crippen molar-refractivity contribution in [1.82, 2.24) is 5.32 Å². The second kappa shape index (κ2) is 7.13. The lowest BCUT2D eigenvalue weighted by Crippen LogP contribution is -2.34. The highest BCUT2D eigenvalue weighted by molar-refractivity contribution is 7.80. The van der Waals surface area contributed by atoms with E-state index in [9.17, 15) is 9.18 Å². The van der Waals surface area contributed by atoms with Gasteiger partial charge in [-0.15, -0.1) is 0 Å². The molecule has 2 aromatic rings. The van der Waals surface area contributed by atoms with Crippen LogP contribution in [-0.2, 0) is 0 Å². The third-order valence-electron chi connectivity index (χ3n) is 3.14. The summed E-state index contributed by atoms with van der Waals surface area (Å²) in [6, 6.07) is 13.5. The predicted octanol–water partition coefficient (Wildman–Crippen LogP) is 4.08. The zero-order chi connectivity index (χ0) is 16.1. The minimum atomic E-state index is -0.305. The fourth-order valence-electron chi connectivity index (χ4n) is 2.15. The van der Waals surface area contributed by atoms with Gasteiger partial charge in [0.2, 0.25) is 0 Å². The molecule has 2 aromatic carbocycles.